The van der Waals surface area contributed by atoms with Crippen LogP contribution in [-0.4, -0.2) is 18.1 Å². The lowest BCUT2D eigenvalue weighted by Crippen LogP contribution is -2.34. The van der Waals surface area contributed by atoms with Crippen molar-refractivity contribution in [2.75, 3.05) is 7.11 Å². The average molecular weight is 337 g/mol. The summed E-state index contributed by atoms with van der Waals surface area (Å²) in [5, 5.41) is 5.51. The number of carbonyl (C=O) groups is 1. The van der Waals surface area contributed by atoms with Crippen molar-refractivity contribution in [2.45, 2.75) is 13.1 Å². The first-order valence-electron chi connectivity index (χ1n) is 7.89. The Kier molecular flexibility index (Phi) is 5.31. The molecule has 3 aromatic rings. The number of carbonyl (C=O) groups excluding carboxylic acids is 1. The Bertz CT molecular complexity index is 813. The van der Waals surface area contributed by atoms with Gasteiger partial charge in [0, 0.05) is 12.1 Å². The number of ether oxygens (including phenoxy) is 1. The predicted octanol–water partition coefficient (Wildman–Crippen LogP) is 3.35. The molecule has 3 rings (SSSR count). The highest BCUT2D eigenvalue weighted by molar-refractivity contribution is 5.73. The highest BCUT2D eigenvalue weighted by atomic mass is 16.5. The number of nitrogens with zero attached hydrogens (tertiary/aromatic N) is 1. The number of benzene rings is 2. The van der Waals surface area contributed by atoms with Gasteiger partial charge >= 0.3 is 6.03 Å². The smallest absolute Gasteiger partial charge is 0.315 e. The molecule has 1 heterocycles. The van der Waals surface area contributed by atoms with Crippen molar-refractivity contribution in [2.24, 2.45) is 0 Å². The molecule has 0 saturated heterocycles. The van der Waals surface area contributed by atoms with Crippen LogP contribution >= 0.6 is 0 Å². The second kappa shape index (κ2) is 8.01. The molecule has 0 unspecified atom stereocenters. The normalized spacial score (nSPS) is 10.3. The third-order valence-electron chi connectivity index (χ3n) is 3.62. The maximum atomic E-state index is 11.9. The molecular formula is C19H19N3O3. The van der Waals surface area contributed by atoms with Gasteiger partial charge in [-0.2, -0.15) is 0 Å². The molecule has 6 heteroatoms. The van der Waals surface area contributed by atoms with Crippen LogP contribution in [0.4, 0.5) is 4.79 Å². The summed E-state index contributed by atoms with van der Waals surface area (Å²) < 4.78 is 10.7. The van der Waals surface area contributed by atoms with Crippen LogP contribution in [0.15, 0.2) is 65.2 Å². The number of aromatic nitrogens is 1. The molecule has 128 valence electrons. The number of nitrogens with one attached hydrogen (secondary N) is 2. The van der Waals surface area contributed by atoms with Gasteiger partial charge in [0.25, 0.3) is 0 Å². The van der Waals surface area contributed by atoms with Crippen molar-refractivity contribution in [1.82, 2.24) is 15.6 Å². The molecule has 2 amide bonds. The van der Waals surface area contributed by atoms with Gasteiger partial charge in [-0.25, -0.2) is 9.78 Å². The van der Waals surface area contributed by atoms with E-state index in [1.54, 1.807) is 13.3 Å². The number of amides is 2. The fourth-order valence-electron chi connectivity index (χ4n) is 2.27. The maximum absolute atomic E-state index is 11.9. The molecule has 0 atom stereocenters. The molecule has 1 aromatic heterocycles. The zero-order chi connectivity index (χ0) is 17.5. The van der Waals surface area contributed by atoms with Crippen molar-refractivity contribution in [3.63, 3.8) is 0 Å². The SMILES string of the molecule is COc1ccc(CNC(=O)NCc2ncc(-c3ccccc3)o2)cc1. The van der Waals surface area contributed by atoms with Gasteiger partial charge < -0.3 is 19.8 Å². The minimum absolute atomic E-state index is 0.223. The molecule has 0 spiro atoms. The van der Waals surface area contributed by atoms with Crippen molar-refractivity contribution < 1.29 is 13.9 Å². The molecule has 0 fully saturated rings. The molecule has 25 heavy (non-hydrogen) atoms. The number of urea groups is 1. The van der Waals surface area contributed by atoms with Crippen LogP contribution in [0, 0.1) is 0 Å². The first-order valence-corrected chi connectivity index (χ1v) is 7.89. The van der Waals surface area contributed by atoms with E-state index in [2.05, 4.69) is 15.6 Å². The molecule has 6 nitrogen and oxygen atoms in total. The van der Waals surface area contributed by atoms with E-state index >= 15 is 0 Å². The number of hydrogen-bond acceptors (Lipinski definition) is 4. The number of methoxy groups -OCH3 is 1. The molecule has 0 aliphatic carbocycles. The standard InChI is InChI=1S/C19H19N3O3/c1-24-16-9-7-14(8-10-16)11-21-19(23)22-13-18-20-12-17(25-18)15-5-3-2-4-6-15/h2-10,12H,11,13H2,1H3,(H2,21,22,23). The topological polar surface area (TPSA) is 76.4 Å². The number of rotatable bonds is 6. The Balaban J connectivity index is 1.46. The van der Waals surface area contributed by atoms with Crippen LogP contribution in [0.5, 0.6) is 5.75 Å². The lowest BCUT2D eigenvalue weighted by molar-refractivity contribution is 0.239. The average Bonchev–Trinajstić information content (AvgIpc) is 3.15. The van der Waals surface area contributed by atoms with Crippen LogP contribution in [0.1, 0.15) is 11.5 Å². The largest absolute Gasteiger partial charge is 0.497 e. The Labute approximate surface area is 145 Å². The Morgan fingerprint density at radius 3 is 2.48 bits per heavy atom. The third-order valence-corrected chi connectivity index (χ3v) is 3.62. The Hall–Kier alpha value is -3.28. The summed E-state index contributed by atoms with van der Waals surface area (Å²) in [6.07, 6.45) is 1.65. The van der Waals surface area contributed by atoms with Gasteiger partial charge in [-0.3, -0.25) is 0 Å². The van der Waals surface area contributed by atoms with Crippen molar-refractivity contribution in [3.05, 3.63) is 72.2 Å². The minimum atomic E-state index is -0.282. The van der Waals surface area contributed by atoms with E-state index in [4.69, 9.17) is 9.15 Å². The van der Waals surface area contributed by atoms with E-state index in [1.807, 2.05) is 54.6 Å². The van der Waals surface area contributed by atoms with Crippen molar-refractivity contribution in [3.8, 4) is 17.1 Å². The third kappa shape index (κ3) is 4.60. The van der Waals surface area contributed by atoms with Gasteiger partial charge in [0.2, 0.25) is 5.89 Å². The van der Waals surface area contributed by atoms with Crippen molar-refractivity contribution >= 4 is 6.03 Å². The van der Waals surface area contributed by atoms with E-state index in [0.717, 1.165) is 16.9 Å². The van der Waals surface area contributed by atoms with Gasteiger partial charge in [-0.15, -0.1) is 0 Å². The first kappa shape index (κ1) is 16.6. The van der Waals surface area contributed by atoms with Crippen LogP contribution in [0.2, 0.25) is 0 Å². The molecule has 0 radical (unpaired) electrons. The van der Waals surface area contributed by atoms with E-state index in [9.17, 15) is 4.79 Å². The predicted molar refractivity (Wildman–Crippen MR) is 94.0 cm³/mol. The summed E-state index contributed by atoms with van der Waals surface area (Å²) in [6.45, 7) is 0.651. The van der Waals surface area contributed by atoms with Gasteiger partial charge in [-0.05, 0) is 17.7 Å². The monoisotopic (exact) mass is 337 g/mol. The van der Waals surface area contributed by atoms with Crippen LogP contribution in [-0.2, 0) is 13.1 Å². The van der Waals surface area contributed by atoms with Gasteiger partial charge in [0.05, 0.1) is 19.9 Å². The van der Waals surface area contributed by atoms with Gasteiger partial charge in [-0.1, -0.05) is 42.5 Å². The van der Waals surface area contributed by atoms with E-state index in [1.165, 1.54) is 0 Å². The molecule has 0 aliphatic rings. The van der Waals surface area contributed by atoms with Crippen LogP contribution in [0.25, 0.3) is 11.3 Å². The summed E-state index contributed by atoms with van der Waals surface area (Å²) in [6, 6.07) is 16.9. The first-order chi connectivity index (χ1) is 12.2. The lowest BCUT2D eigenvalue weighted by atomic mass is 10.2. The fourth-order valence-corrected chi connectivity index (χ4v) is 2.27. The molecule has 2 aromatic carbocycles. The summed E-state index contributed by atoms with van der Waals surface area (Å²) in [5.74, 6) is 1.92. The van der Waals surface area contributed by atoms with Crippen LogP contribution < -0.4 is 15.4 Å². The Morgan fingerprint density at radius 1 is 1.04 bits per heavy atom. The lowest BCUT2D eigenvalue weighted by Gasteiger charge is -2.07. The zero-order valence-electron chi connectivity index (χ0n) is 13.9. The highest BCUT2D eigenvalue weighted by Crippen LogP contribution is 2.19. The van der Waals surface area contributed by atoms with Crippen molar-refractivity contribution in [1.29, 1.82) is 0 Å². The second-order valence-corrected chi connectivity index (χ2v) is 5.37. The minimum Gasteiger partial charge on any atom is -0.497 e. The number of oxazole rings is 1. The molecular weight excluding hydrogens is 318 g/mol. The van der Waals surface area contributed by atoms with E-state index in [0.29, 0.717) is 18.2 Å². The molecule has 0 saturated carbocycles. The maximum Gasteiger partial charge on any atom is 0.315 e. The zero-order valence-corrected chi connectivity index (χ0v) is 13.9. The summed E-state index contributed by atoms with van der Waals surface area (Å²) in [7, 11) is 1.62. The summed E-state index contributed by atoms with van der Waals surface area (Å²) in [4.78, 5) is 16.1. The molecule has 0 bridgehead atoms. The quantitative estimate of drug-likeness (QED) is 0.723. The second-order valence-electron chi connectivity index (χ2n) is 5.37. The van der Waals surface area contributed by atoms with E-state index < -0.39 is 0 Å². The number of hydrogen-bond donors (Lipinski definition) is 2. The molecule has 0 aliphatic heterocycles. The highest BCUT2D eigenvalue weighted by Gasteiger charge is 2.07. The summed E-state index contributed by atoms with van der Waals surface area (Å²) >= 11 is 0. The summed E-state index contributed by atoms with van der Waals surface area (Å²) in [5.41, 5.74) is 1.93. The van der Waals surface area contributed by atoms with Crippen LogP contribution in [0.3, 0.4) is 0 Å². The Morgan fingerprint density at radius 2 is 1.76 bits per heavy atom. The fraction of sp³-hybridized carbons (Fsp3) is 0.158. The molecule has 2 N–H and O–H groups in total. The van der Waals surface area contributed by atoms with Gasteiger partial charge in [0.15, 0.2) is 5.76 Å². The van der Waals surface area contributed by atoms with E-state index in [-0.39, 0.29) is 12.6 Å². The van der Waals surface area contributed by atoms with Gasteiger partial charge in [0.1, 0.15) is 5.75 Å².